The Balaban J connectivity index is 2.62. The van der Waals surface area contributed by atoms with Gasteiger partial charge in [-0.2, -0.15) is 0 Å². The van der Waals surface area contributed by atoms with Crippen molar-refractivity contribution in [3.8, 4) is 0 Å². The zero-order valence-electron chi connectivity index (χ0n) is 27.9. The van der Waals surface area contributed by atoms with Crippen molar-refractivity contribution in [2.45, 2.75) is 135 Å². The molecule has 0 amide bonds. The zero-order valence-corrected chi connectivity index (χ0v) is 27.9. The molecule has 0 aromatic carbocycles. The van der Waals surface area contributed by atoms with Crippen molar-refractivity contribution in [2.24, 2.45) is 28.8 Å². The van der Waals surface area contributed by atoms with Crippen molar-refractivity contribution < 1.29 is 43.9 Å². The number of aliphatic hydroxyl groups is 3. The van der Waals surface area contributed by atoms with Crippen LogP contribution in [0.25, 0.3) is 0 Å². The number of oxime groups is 1. The van der Waals surface area contributed by atoms with Crippen molar-refractivity contribution >= 4 is 11.7 Å². The van der Waals surface area contributed by atoms with Gasteiger partial charge in [0.1, 0.15) is 24.9 Å². The maximum atomic E-state index is 13.3. The summed E-state index contributed by atoms with van der Waals surface area (Å²) in [5.74, 6) is -2.17. The van der Waals surface area contributed by atoms with Crippen LogP contribution >= 0.6 is 0 Å². The van der Waals surface area contributed by atoms with Gasteiger partial charge in [-0.25, -0.2) is 0 Å². The highest BCUT2D eigenvalue weighted by Crippen LogP contribution is 2.39. The van der Waals surface area contributed by atoms with Gasteiger partial charge in [-0.05, 0) is 66.5 Å². The highest BCUT2D eigenvalue weighted by atomic mass is 16.7. The first-order chi connectivity index (χ1) is 19.4. The quantitative estimate of drug-likeness (QED) is 0.307. The van der Waals surface area contributed by atoms with Crippen molar-refractivity contribution in [1.82, 2.24) is 4.90 Å². The Hall–Kier alpha value is -1.34. The van der Waals surface area contributed by atoms with E-state index in [2.05, 4.69) is 5.16 Å². The van der Waals surface area contributed by atoms with Crippen LogP contribution in [0.3, 0.4) is 0 Å². The molecule has 0 bridgehead atoms. The van der Waals surface area contributed by atoms with E-state index in [1.807, 2.05) is 46.7 Å². The standard InChI is InChI=1S/C31H58N2O9/c1-13-23-31(8,37)26(35)21(6)24(32-39-12)19(4)16-30(7,38-11)27(17(2)14-18(3)28(36)41-23)42-29-25(34)22(33(9)10)15-20(5)40-29/h17-23,25-27,29,34-35,37H,13-16H2,1-12H3/b32-24+/t17-,18+,19+,20+,21-,22-,23+,25+,26+,27+,29-,30+,31+/m0/s1. The number of hydrogen-bond donors (Lipinski definition) is 3. The number of hydrogen-bond acceptors (Lipinski definition) is 11. The molecule has 42 heavy (non-hydrogen) atoms. The van der Waals surface area contributed by atoms with Crippen LogP contribution in [-0.2, 0) is 28.6 Å². The Bertz CT molecular complexity index is 900. The van der Waals surface area contributed by atoms with E-state index in [9.17, 15) is 20.1 Å². The fraction of sp³-hybridized carbons (Fsp3) is 0.935. The first-order valence-corrected chi connectivity index (χ1v) is 15.4. The lowest BCUT2D eigenvalue weighted by molar-refractivity contribution is -0.297. The number of esters is 1. The van der Waals surface area contributed by atoms with Gasteiger partial charge in [0, 0.05) is 25.0 Å². The molecule has 0 aliphatic carbocycles. The van der Waals surface area contributed by atoms with Crippen LogP contribution in [-0.4, -0.2) is 114 Å². The van der Waals surface area contributed by atoms with E-state index in [0.29, 0.717) is 31.4 Å². The molecular formula is C31H58N2O9. The normalized spacial score (nSPS) is 45.9. The number of carbonyl (C=O) groups excluding carboxylic acids is 1. The molecule has 0 radical (unpaired) electrons. The Morgan fingerprint density at radius 1 is 1.05 bits per heavy atom. The van der Waals surface area contributed by atoms with Gasteiger partial charge in [-0.15, -0.1) is 0 Å². The van der Waals surface area contributed by atoms with Crippen LogP contribution in [0.15, 0.2) is 5.16 Å². The summed E-state index contributed by atoms with van der Waals surface area (Å²) >= 11 is 0. The predicted molar refractivity (Wildman–Crippen MR) is 160 cm³/mol. The van der Waals surface area contributed by atoms with E-state index in [-0.39, 0.29) is 24.0 Å². The third-order valence-corrected chi connectivity index (χ3v) is 9.50. The lowest BCUT2D eigenvalue weighted by atomic mass is 9.74. The number of nitrogens with zero attached hydrogens (tertiary/aromatic N) is 2. The molecule has 11 nitrogen and oxygen atoms in total. The van der Waals surface area contributed by atoms with E-state index in [1.54, 1.807) is 27.9 Å². The van der Waals surface area contributed by atoms with Gasteiger partial charge >= 0.3 is 5.97 Å². The first-order valence-electron chi connectivity index (χ1n) is 15.4. The Morgan fingerprint density at radius 2 is 1.67 bits per heavy atom. The number of methoxy groups -OCH3 is 1. The summed E-state index contributed by atoms with van der Waals surface area (Å²) in [5, 5.41) is 38.5. The molecule has 2 rings (SSSR count). The second kappa shape index (κ2) is 15.1. The van der Waals surface area contributed by atoms with Crippen LogP contribution in [0, 0.1) is 23.7 Å². The van der Waals surface area contributed by atoms with Crippen LogP contribution < -0.4 is 0 Å². The molecule has 246 valence electrons. The van der Waals surface area contributed by atoms with Crippen molar-refractivity contribution in [2.75, 3.05) is 28.3 Å². The van der Waals surface area contributed by atoms with Gasteiger partial charge in [0.2, 0.25) is 0 Å². The van der Waals surface area contributed by atoms with Gasteiger partial charge in [0.25, 0.3) is 0 Å². The lowest BCUT2D eigenvalue weighted by Crippen LogP contribution is -2.59. The molecule has 0 saturated carbocycles. The summed E-state index contributed by atoms with van der Waals surface area (Å²) in [4.78, 5) is 20.5. The fourth-order valence-corrected chi connectivity index (χ4v) is 6.94. The molecule has 0 aromatic rings. The van der Waals surface area contributed by atoms with Gasteiger partial charge in [0.15, 0.2) is 6.29 Å². The van der Waals surface area contributed by atoms with E-state index in [1.165, 1.54) is 14.0 Å². The Kier molecular flexibility index (Phi) is 13.2. The van der Waals surface area contributed by atoms with Crippen LogP contribution in [0.4, 0.5) is 0 Å². The smallest absolute Gasteiger partial charge is 0.309 e. The fourth-order valence-electron chi connectivity index (χ4n) is 6.94. The summed E-state index contributed by atoms with van der Waals surface area (Å²) in [6.45, 7) is 14.7. The average Bonchev–Trinajstić information content (AvgIpc) is 2.92. The number of carbonyl (C=O) groups is 1. The van der Waals surface area contributed by atoms with Gasteiger partial charge in [-0.1, -0.05) is 39.8 Å². The topological polar surface area (TPSA) is 140 Å². The molecule has 0 unspecified atom stereocenters. The maximum Gasteiger partial charge on any atom is 0.309 e. The summed E-state index contributed by atoms with van der Waals surface area (Å²) in [5.41, 5.74) is -2.14. The van der Waals surface area contributed by atoms with E-state index < -0.39 is 59.7 Å². The molecule has 3 N–H and O–H groups in total. The number of likely N-dealkylation sites (N-methyl/N-ethyl adjacent to an activating group) is 1. The SMILES string of the molecule is CC[C@H]1OC(=O)[C@H](C)C[C@H](C)[C@@H](O[C@@H]2O[C@H](C)C[C@H](N(C)C)[C@H]2O)[C@](C)(OC)C[C@@H](C)/C(=N\OC)[C@H](C)[C@@H](O)[C@]1(C)O. The van der Waals surface area contributed by atoms with Crippen molar-refractivity contribution in [1.29, 1.82) is 0 Å². The Labute approximate surface area is 252 Å². The molecule has 0 spiro atoms. The molecule has 2 fully saturated rings. The molecule has 2 aliphatic rings. The number of ether oxygens (including phenoxy) is 4. The summed E-state index contributed by atoms with van der Waals surface area (Å²) in [6, 6.07) is -0.157. The van der Waals surface area contributed by atoms with E-state index in [4.69, 9.17) is 23.8 Å². The third-order valence-electron chi connectivity index (χ3n) is 9.50. The number of aliphatic hydroxyl groups excluding tert-OH is 2. The minimum Gasteiger partial charge on any atom is -0.459 e. The zero-order chi connectivity index (χ0) is 32.2. The van der Waals surface area contributed by atoms with E-state index >= 15 is 0 Å². The largest absolute Gasteiger partial charge is 0.459 e. The summed E-state index contributed by atoms with van der Waals surface area (Å²) < 4.78 is 24.9. The molecule has 2 aliphatic heterocycles. The lowest BCUT2D eigenvalue weighted by Gasteiger charge is -2.47. The van der Waals surface area contributed by atoms with Crippen LogP contribution in [0.1, 0.15) is 81.1 Å². The van der Waals surface area contributed by atoms with Gasteiger partial charge < -0.3 is 44.0 Å². The molecule has 2 heterocycles. The molecule has 13 atom stereocenters. The van der Waals surface area contributed by atoms with Gasteiger partial charge in [0.05, 0.1) is 35.5 Å². The molecule has 0 aromatic heterocycles. The molecule has 11 heteroatoms. The minimum absolute atomic E-state index is 0.136. The minimum atomic E-state index is -1.74. The first kappa shape index (κ1) is 36.8. The monoisotopic (exact) mass is 602 g/mol. The average molecular weight is 603 g/mol. The Morgan fingerprint density at radius 3 is 2.19 bits per heavy atom. The maximum absolute atomic E-state index is 13.3. The summed E-state index contributed by atoms with van der Waals surface area (Å²) in [6.07, 6.45) is -3.02. The highest BCUT2D eigenvalue weighted by Gasteiger charge is 2.50. The number of cyclic esters (lactones) is 1. The second-order valence-corrected chi connectivity index (χ2v) is 13.4. The number of rotatable bonds is 6. The van der Waals surface area contributed by atoms with Crippen molar-refractivity contribution in [3.63, 3.8) is 0 Å². The summed E-state index contributed by atoms with van der Waals surface area (Å²) in [7, 11) is 6.90. The predicted octanol–water partition coefficient (Wildman–Crippen LogP) is 2.98. The molecule has 2 saturated heterocycles. The van der Waals surface area contributed by atoms with Crippen LogP contribution in [0.2, 0.25) is 0 Å². The van der Waals surface area contributed by atoms with Crippen molar-refractivity contribution in [3.05, 3.63) is 0 Å². The van der Waals surface area contributed by atoms with E-state index in [0.717, 1.165) is 0 Å². The van der Waals surface area contributed by atoms with Crippen LogP contribution in [0.5, 0.6) is 0 Å². The van der Waals surface area contributed by atoms with Gasteiger partial charge in [-0.3, -0.25) is 4.79 Å². The third kappa shape index (κ3) is 8.22. The second-order valence-electron chi connectivity index (χ2n) is 13.4. The highest BCUT2D eigenvalue weighted by molar-refractivity contribution is 5.88. The molecular weight excluding hydrogens is 544 g/mol.